The van der Waals surface area contributed by atoms with Crippen molar-refractivity contribution in [2.75, 3.05) is 25.1 Å². The number of nitrogens with one attached hydrogen (secondary N) is 1. The van der Waals surface area contributed by atoms with Gasteiger partial charge in [-0.05, 0) is 49.3 Å². The minimum absolute atomic E-state index is 0. The molecule has 1 atom stereocenters. The predicted molar refractivity (Wildman–Crippen MR) is 103 cm³/mol. The molecule has 0 aliphatic carbocycles. The number of carbonyl (C=O) groups excluding carboxylic acids is 2. The van der Waals surface area contributed by atoms with Gasteiger partial charge in [0.2, 0.25) is 11.8 Å². The minimum Gasteiger partial charge on any atom is -0.381 e. The van der Waals surface area contributed by atoms with E-state index < -0.39 is 6.04 Å². The molecule has 0 radical (unpaired) electrons. The fourth-order valence-electron chi connectivity index (χ4n) is 3.51. The summed E-state index contributed by atoms with van der Waals surface area (Å²) in [6.07, 6.45) is 4.32. The van der Waals surface area contributed by atoms with Gasteiger partial charge in [-0.1, -0.05) is 12.1 Å². The monoisotopic (exact) mass is 381 g/mol. The number of rotatable bonds is 5. The maximum atomic E-state index is 12.4. The summed E-state index contributed by atoms with van der Waals surface area (Å²) in [6, 6.07) is 7.15. The van der Waals surface area contributed by atoms with Crippen molar-refractivity contribution >= 4 is 29.9 Å². The first-order valence-electron chi connectivity index (χ1n) is 9.14. The van der Waals surface area contributed by atoms with Gasteiger partial charge in [0, 0.05) is 38.4 Å². The molecule has 1 aromatic rings. The number of anilines is 1. The number of hydrogen-bond acceptors (Lipinski definition) is 4. The Morgan fingerprint density at radius 2 is 2.08 bits per heavy atom. The lowest BCUT2D eigenvalue weighted by molar-refractivity contribution is -0.133. The predicted octanol–water partition coefficient (Wildman–Crippen LogP) is 2.31. The van der Waals surface area contributed by atoms with Gasteiger partial charge >= 0.3 is 0 Å². The third-order valence-electron chi connectivity index (χ3n) is 5.07. The van der Waals surface area contributed by atoms with Crippen molar-refractivity contribution in [3.8, 4) is 0 Å². The number of nitrogens with zero attached hydrogens (tertiary/aromatic N) is 1. The van der Waals surface area contributed by atoms with E-state index >= 15 is 0 Å². The van der Waals surface area contributed by atoms with E-state index in [1.165, 1.54) is 0 Å². The maximum Gasteiger partial charge on any atom is 0.241 e. The Bertz CT molecular complexity index is 620. The van der Waals surface area contributed by atoms with Crippen LogP contribution in [-0.2, 0) is 20.9 Å². The minimum atomic E-state index is -0.517. The summed E-state index contributed by atoms with van der Waals surface area (Å²) in [6.45, 7) is 2.74. The van der Waals surface area contributed by atoms with Crippen LogP contribution in [0.4, 0.5) is 5.69 Å². The molecule has 3 N–H and O–H groups in total. The Labute approximate surface area is 160 Å². The number of halogens is 1. The zero-order valence-corrected chi connectivity index (χ0v) is 15.8. The van der Waals surface area contributed by atoms with Crippen LogP contribution in [-0.4, -0.2) is 42.5 Å². The molecule has 2 aliphatic heterocycles. The molecule has 2 fully saturated rings. The summed E-state index contributed by atoms with van der Waals surface area (Å²) in [5.41, 5.74) is 7.88. The van der Waals surface area contributed by atoms with Crippen LogP contribution in [0.5, 0.6) is 0 Å². The second kappa shape index (κ2) is 9.90. The number of nitrogens with two attached hydrogens (primary N) is 1. The number of benzene rings is 1. The molecule has 6 nitrogen and oxygen atoms in total. The molecule has 0 aromatic heterocycles. The molecule has 2 aliphatic rings. The van der Waals surface area contributed by atoms with Crippen molar-refractivity contribution in [1.82, 2.24) is 4.90 Å². The van der Waals surface area contributed by atoms with Gasteiger partial charge in [0.05, 0.1) is 6.04 Å². The molecule has 0 bridgehead atoms. The third kappa shape index (κ3) is 5.43. The van der Waals surface area contributed by atoms with Gasteiger partial charge in [-0.25, -0.2) is 0 Å². The zero-order valence-electron chi connectivity index (χ0n) is 15.0. The fourth-order valence-corrected chi connectivity index (χ4v) is 3.51. The van der Waals surface area contributed by atoms with E-state index in [4.69, 9.17) is 10.5 Å². The van der Waals surface area contributed by atoms with E-state index in [1.54, 1.807) is 0 Å². The Hall–Kier alpha value is -1.63. The lowest BCUT2D eigenvalue weighted by Crippen LogP contribution is -2.44. The highest BCUT2D eigenvalue weighted by molar-refractivity contribution is 5.95. The Balaban J connectivity index is 0.00000243. The second-order valence-corrected chi connectivity index (χ2v) is 6.94. The van der Waals surface area contributed by atoms with Crippen LogP contribution in [0.2, 0.25) is 0 Å². The quantitative estimate of drug-likeness (QED) is 0.819. The van der Waals surface area contributed by atoms with Crippen molar-refractivity contribution < 1.29 is 14.3 Å². The Morgan fingerprint density at radius 1 is 1.31 bits per heavy atom. The van der Waals surface area contributed by atoms with Crippen molar-refractivity contribution in [3.05, 3.63) is 29.8 Å². The maximum absolute atomic E-state index is 12.4. The summed E-state index contributed by atoms with van der Waals surface area (Å²) in [5.74, 6) is 0.225. The zero-order chi connectivity index (χ0) is 17.6. The molecule has 3 rings (SSSR count). The highest BCUT2D eigenvalue weighted by Gasteiger charge is 2.26. The lowest BCUT2D eigenvalue weighted by Gasteiger charge is -2.27. The molecular formula is C19H28ClN3O3. The number of carbonyl (C=O) groups is 2. The molecule has 0 saturated carbocycles. The summed E-state index contributed by atoms with van der Waals surface area (Å²) in [4.78, 5) is 26.3. The summed E-state index contributed by atoms with van der Waals surface area (Å²) < 4.78 is 5.33. The SMILES string of the molecule is Cl.NC(C(=O)Nc1cccc(CN2CCCCC2=O)c1)C1CCOCC1. The van der Waals surface area contributed by atoms with Gasteiger partial charge in [0.15, 0.2) is 0 Å². The molecule has 1 unspecified atom stereocenters. The van der Waals surface area contributed by atoms with Crippen molar-refractivity contribution in [3.63, 3.8) is 0 Å². The van der Waals surface area contributed by atoms with Crippen LogP contribution in [0.3, 0.4) is 0 Å². The molecular weight excluding hydrogens is 354 g/mol. The van der Waals surface area contributed by atoms with Crippen LogP contribution >= 0.6 is 12.4 Å². The van der Waals surface area contributed by atoms with Gasteiger partial charge in [0.1, 0.15) is 0 Å². The highest BCUT2D eigenvalue weighted by Crippen LogP contribution is 2.20. The highest BCUT2D eigenvalue weighted by atomic mass is 35.5. The smallest absolute Gasteiger partial charge is 0.241 e. The fraction of sp³-hybridized carbons (Fsp3) is 0.579. The number of hydrogen-bond donors (Lipinski definition) is 2. The Morgan fingerprint density at radius 3 is 2.81 bits per heavy atom. The van der Waals surface area contributed by atoms with Gasteiger partial charge in [-0.15, -0.1) is 12.4 Å². The normalized spacial score (nSPS) is 19.6. The van der Waals surface area contributed by atoms with Crippen LogP contribution in [0, 0.1) is 5.92 Å². The number of piperidine rings is 1. The van der Waals surface area contributed by atoms with E-state index in [-0.39, 0.29) is 30.1 Å². The van der Waals surface area contributed by atoms with Crippen LogP contribution < -0.4 is 11.1 Å². The average Bonchev–Trinajstić information content (AvgIpc) is 2.64. The van der Waals surface area contributed by atoms with Crippen molar-refractivity contribution in [1.29, 1.82) is 0 Å². The first-order chi connectivity index (χ1) is 12.1. The molecule has 26 heavy (non-hydrogen) atoms. The number of amides is 2. The van der Waals surface area contributed by atoms with Crippen molar-refractivity contribution in [2.24, 2.45) is 11.7 Å². The lowest BCUT2D eigenvalue weighted by atomic mass is 9.92. The van der Waals surface area contributed by atoms with Gasteiger partial charge in [-0.3, -0.25) is 9.59 Å². The van der Waals surface area contributed by atoms with Crippen LogP contribution in [0.1, 0.15) is 37.7 Å². The topological polar surface area (TPSA) is 84.7 Å². The van der Waals surface area contributed by atoms with E-state index in [0.29, 0.717) is 26.2 Å². The van der Waals surface area contributed by atoms with Gasteiger partial charge in [-0.2, -0.15) is 0 Å². The first kappa shape index (κ1) is 20.7. The molecule has 0 spiro atoms. The average molecular weight is 382 g/mol. The first-order valence-corrected chi connectivity index (χ1v) is 9.14. The molecule has 2 heterocycles. The molecule has 2 saturated heterocycles. The van der Waals surface area contributed by atoms with Gasteiger partial charge in [0.25, 0.3) is 0 Å². The number of ether oxygens (including phenoxy) is 1. The van der Waals surface area contributed by atoms with Gasteiger partial charge < -0.3 is 20.7 Å². The van der Waals surface area contributed by atoms with Crippen LogP contribution in [0.15, 0.2) is 24.3 Å². The number of likely N-dealkylation sites (tertiary alicyclic amines) is 1. The molecule has 7 heteroatoms. The standard InChI is InChI=1S/C19H27N3O3.ClH/c20-18(15-7-10-25-11-8-15)19(24)21-16-5-3-4-14(12-16)13-22-9-2-1-6-17(22)23;/h3-5,12,15,18H,1-2,6-11,13,20H2,(H,21,24);1H. The Kier molecular flexibility index (Phi) is 7.87. The van der Waals surface area contributed by atoms with Crippen molar-refractivity contribution in [2.45, 2.75) is 44.7 Å². The van der Waals surface area contributed by atoms with E-state index in [0.717, 1.165) is 43.5 Å². The van der Waals surface area contributed by atoms with E-state index in [2.05, 4.69) is 5.32 Å². The molecule has 2 amide bonds. The molecule has 1 aromatic carbocycles. The van der Waals surface area contributed by atoms with E-state index in [1.807, 2.05) is 29.2 Å². The third-order valence-corrected chi connectivity index (χ3v) is 5.07. The summed E-state index contributed by atoms with van der Waals surface area (Å²) >= 11 is 0. The van der Waals surface area contributed by atoms with Crippen LogP contribution in [0.25, 0.3) is 0 Å². The summed E-state index contributed by atoms with van der Waals surface area (Å²) in [5, 5.41) is 2.92. The second-order valence-electron chi connectivity index (χ2n) is 6.94. The summed E-state index contributed by atoms with van der Waals surface area (Å²) in [7, 11) is 0. The van der Waals surface area contributed by atoms with E-state index in [9.17, 15) is 9.59 Å². The largest absolute Gasteiger partial charge is 0.381 e. The molecule has 144 valence electrons.